The van der Waals surface area contributed by atoms with E-state index in [9.17, 15) is 14.7 Å². The third-order valence-electron chi connectivity index (χ3n) is 4.48. The van der Waals surface area contributed by atoms with Crippen LogP contribution in [0, 0.1) is 0 Å². The lowest BCUT2D eigenvalue weighted by molar-refractivity contribution is 0.0697. The van der Waals surface area contributed by atoms with Gasteiger partial charge in [-0.05, 0) is 43.4 Å². The molecule has 6 nitrogen and oxygen atoms in total. The molecule has 0 atom stereocenters. The van der Waals surface area contributed by atoms with Crippen LogP contribution in [0.15, 0.2) is 18.2 Å². The highest BCUT2D eigenvalue weighted by Gasteiger charge is 2.25. The second-order valence-corrected chi connectivity index (χ2v) is 7.23. The molecule has 0 saturated heterocycles. The van der Waals surface area contributed by atoms with Crippen LogP contribution in [0.4, 0.5) is 5.00 Å². The van der Waals surface area contributed by atoms with Crippen LogP contribution >= 0.6 is 11.3 Å². The SMILES string of the molecule is COc1cc(OC)cc(C(=O)Nc2sc3c(c2C(=O)O)CCCCC3)c1. The maximum absolute atomic E-state index is 12.7. The molecule has 0 fully saturated rings. The van der Waals surface area contributed by atoms with Crippen LogP contribution in [0.1, 0.15) is 50.4 Å². The van der Waals surface area contributed by atoms with Crippen LogP contribution < -0.4 is 14.8 Å². The monoisotopic (exact) mass is 375 g/mol. The molecular weight excluding hydrogens is 354 g/mol. The predicted octanol–water partition coefficient (Wildman–Crippen LogP) is 3.98. The molecule has 0 spiro atoms. The van der Waals surface area contributed by atoms with Gasteiger partial charge in [0.15, 0.2) is 0 Å². The number of aryl methyl sites for hydroxylation is 1. The summed E-state index contributed by atoms with van der Waals surface area (Å²) in [5.74, 6) is -0.395. The maximum Gasteiger partial charge on any atom is 0.339 e. The van der Waals surface area contributed by atoms with Gasteiger partial charge in [0, 0.05) is 16.5 Å². The van der Waals surface area contributed by atoms with E-state index in [0.717, 1.165) is 42.5 Å². The van der Waals surface area contributed by atoms with E-state index in [4.69, 9.17) is 9.47 Å². The Labute approximate surface area is 155 Å². The summed E-state index contributed by atoms with van der Waals surface area (Å²) in [6.45, 7) is 0. The molecule has 1 amide bonds. The number of anilines is 1. The lowest BCUT2D eigenvalue weighted by Crippen LogP contribution is -2.14. The van der Waals surface area contributed by atoms with E-state index >= 15 is 0 Å². The number of carboxylic acids is 1. The van der Waals surface area contributed by atoms with Gasteiger partial charge < -0.3 is 19.9 Å². The van der Waals surface area contributed by atoms with Crippen LogP contribution in [0.25, 0.3) is 0 Å². The van der Waals surface area contributed by atoms with E-state index in [1.807, 2.05) is 0 Å². The Hall–Kier alpha value is -2.54. The average molecular weight is 375 g/mol. The van der Waals surface area contributed by atoms with Crippen molar-refractivity contribution in [2.75, 3.05) is 19.5 Å². The first-order valence-corrected chi connectivity index (χ1v) is 9.27. The number of aromatic carboxylic acids is 1. The van der Waals surface area contributed by atoms with Crippen molar-refractivity contribution in [1.29, 1.82) is 0 Å². The summed E-state index contributed by atoms with van der Waals surface area (Å²) < 4.78 is 10.4. The highest BCUT2D eigenvalue weighted by molar-refractivity contribution is 7.17. The van der Waals surface area contributed by atoms with Gasteiger partial charge in [0.2, 0.25) is 0 Å². The van der Waals surface area contributed by atoms with Crippen molar-refractivity contribution in [3.63, 3.8) is 0 Å². The molecule has 1 aromatic carbocycles. The molecule has 1 aliphatic carbocycles. The largest absolute Gasteiger partial charge is 0.497 e. The molecule has 0 saturated carbocycles. The fraction of sp³-hybridized carbons (Fsp3) is 0.368. The molecule has 1 aliphatic rings. The zero-order valence-corrected chi connectivity index (χ0v) is 15.6. The Morgan fingerprint density at radius 3 is 2.31 bits per heavy atom. The zero-order valence-electron chi connectivity index (χ0n) is 14.8. The standard InChI is InChI=1S/C19H21NO5S/c1-24-12-8-11(9-13(10-12)25-2)17(21)20-18-16(19(22)23)14-6-4-3-5-7-15(14)26-18/h8-10H,3-7H2,1-2H3,(H,20,21)(H,22,23). The average Bonchev–Trinajstić information content (AvgIpc) is 2.82. The van der Waals surface area contributed by atoms with Gasteiger partial charge in [-0.1, -0.05) is 6.42 Å². The number of methoxy groups -OCH3 is 2. The van der Waals surface area contributed by atoms with Crippen molar-refractivity contribution >= 4 is 28.2 Å². The van der Waals surface area contributed by atoms with Gasteiger partial charge in [-0.25, -0.2) is 4.79 Å². The number of hydrogen-bond donors (Lipinski definition) is 2. The molecule has 0 aliphatic heterocycles. The quantitative estimate of drug-likeness (QED) is 0.772. The summed E-state index contributed by atoms with van der Waals surface area (Å²) in [6, 6.07) is 4.86. The fourth-order valence-electron chi connectivity index (χ4n) is 3.17. The van der Waals surface area contributed by atoms with E-state index in [-0.39, 0.29) is 11.5 Å². The molecule has 0 radical (unpaired) electrons. The summed E-state index contributed by atoms with van der Waals surface area (Å²) >= 11 is 1.37. The van der Waals surface area contributed by atoms with Crippen molar-refractivity contribution in [2.24, 2.45) is 0 Å². The van der Waals surface area contributed by atoms with Gasteiger partial charge in [-0.2, -0.15) is 0 Å². The van der Waals surface area contributed by atoms with E-state index in [2.05, 4.69) is 5.32 Å². The third kappa shape index (κ3) is 3.67. The van der Waals surface area contributed by atoms with Gasteiger partial charge in [0.1, 0.15) is 16.5 Å². The van der Waals surface area contributed by atoms with Gasteiger partial charge in [0.05, 0.1) is 19.8 Å². The minimum Gasteiger partial charge on any atom is -0.497 e. The first-order chi connectivity index (χ1) is 12.5. The number of ether oxygens (including phenoxy) is 2. The van der Waals surface area contributed by atoms with Crippen molar-refractivity contribution in [1.82, 2.24) is 0 Å². The molecular formula is C19H21NO5S. The van der Waals surface area contributed by atoms with Crippen LogP contribution in [0.5, 0.6) is 11.5 Å². The Morgan fingerprint density at radius 1 is 1.04 bits per heavy atom. The second kappa shape index (κ2) is 7.78. The number of fused-ring (bicyclic) bond motifs is 1. The number of carbonyl (C=O) groups excluding carboxylic acids is 1. The molecule has 26 heavy (non-hydrogen) atoms. The number of carboxylic acid groups (broad SMARTS) is 1. The minimum absolute atomic E-state index is 0.232. The van der Waals surface area contributed by atoms with Crippen molar-refractivity contribution in [2.45, 2.75) is 32.1 Å². The number of nitrogens with one attached hydrogen (secondary N) is 1. The molecule has 1 aromatic heterocycles. The van der Waals surface area contributed by atoms with E-state index < -0.39 is 5.97 Å². The first kappa shape index (κ1) is 18.3. The van der Waals surface area contributed by atoms with Crippen molar-refractivity contribution in [3.8, 4) is 11.5 Å². The second-order valence-electron chi connectivity index (χ2n) is 6.13. The normalized spacial score (nSPS) is 13.5. The molecule has 2 aromatic rings. The maximum atomic E-state index is 12.7. The summed E-state index contributed by atoms with van der Waals surface area (Å²) in [5, 5.41) is 12.8. The van der Waals surface area contributed by atoms with Crippen LogP contribution in [0.2, 0.25) is 0 Å². The summed E-state index contributed by atoms with van der Waals surface area (Å²) in [7, 11) is 3.02. The molecule has 7 heteroatoms. The first-order valence-electron chi connectivity index (χ1n) is 8.45. The highest BCUT2D eigenvalue weighted by Crippen LogP contribution is 2.38. The predicted molar refractivity (Wildman–Crippen MR) is 100 cm³/mol. The summed E-state index contributed by atoms with van der Waals surface area (Å²) in [6.07, 6.45) is 4.74. The van der Waals surface area contributed by atoms with Crippen LogP contribution in [0.3, 0.4) is 0 Å². The Bertz CT molecular complexity index is 820. The van der Waals surface area contributed by atoms with Crippen molar-refractivity contribution < 1.29 is 24.2 Å². The van der Waals surface area contributed by atoms with E-state index in [1.54, 1.807) is 18.2 Å². The smallest absolute Gasteiger partial charge is 0.339 e. The van der Waals surface area contributed by atoms with E-state index in [0.29, 0.717) is 22.1 Å². The lowest BCUT2D eigenvalue weighted by Gasteiger charge is -2.09. The zero-order chi connectivity index (χ0) is 18.7. The third-order valence-corrected chi connectivity index (χ3v) is 5.68. The number of thiophene rings is 1. The number of benzene rings is 1. The fourth-order valence-corrected chi connectivity index (χ4v) is 4.45. The molecule has 2 N–H and O–H groups in total. The van der Waals surface area contributed by atoms with Crippen molar-refractivity contribution in [3.05, 3.63) is 39.8 Å². The highest BCUT2D eigenvalue weighted by atomic mass is 32.1. The molecule has 1 heterocycles. The van der Waals surface area contributed by atoms with Gasteiger partial charge in [-0.15, -0.1) is 11.3 Å². The number of carbonyl (C=O) groups is 2. The van der Waals surface area contributed by atoms with Crippen LogP contribution in [-0.4, -0.2) is 31.2 Å². The Kier molecular flexibility index (Phi) is 5.46. The molecule has 138 valence electrons. The lowest BCUT2D eigenvalue weighted by atomic mass is 10.1. The Balaban J connectivity index is 1.94. The summed E-state index contributed by atoms with van der Waals surface area (Å²) in [5.41, 5.74) is 1.45. The van der Waals surface area contributed by atoms with Gasteiger partial charge in [0.25, 0.3) is 5.91 Å². The number of rotatable bonds is 5. The van der Waals surface area contributed by atoms with E-state index in [1.165, 1.54) is 25.6 Å². The number of amides is 1. The minimum atomic E-state index is -0.997. The number of hydrogen-bond acceptors (Lipinski definition) is 5. The van der Waals surface area contributed by atoms with Crippen LogP contribution in [-0.2, 0) is 12.8 Å². The topological polar surface area (TPSA) is 84.9 Å². The van der Waals surface area contributed by atoms with Gasteiger partial charge >= 0.3 is 5.97 Å². The van der Waals surface area contributed by atoms with Gasteiger partial charge in [-0.3, -0.25) is 4.79 Å². The molecule has 3 rings (SSSR count). The summed E-state index contributed by atoms with van der Waals surface area (Å²) in [4.78, 5) is 25.6. The Morgan fingerprint density at radius 2 is 1.69 bits per heavy atom. The molecule has 0 unspecified atom stereocenters. The molecule has 0 bridgehead atoms.